The van der Waals surface area contributed by atoms with Gasteiger partial charge in [-0.1, -0.05) is 13.0 Å². The second kappa shape index (κ2) is 6.53. The minimum Gasteiger partial charge on any atom is -0.383 e. The summed E-state index contributed by atoms with van der Waals surface area (Å²) in [5.41, 5.74) is 6.37. The van der Waals surface area contributed by atoms with Gasteiger partial charge in [0.1, 0.15) is 10.8 Å². The molecule has 0 aliphatic heterocycles. The third-order valence-electron chi connectivity index (χ3n) is 2.71. The Bertz CT molecular complexity index is 643. The summed E-state index contributed by atoms with van der Waals surface area (Å²) in [7, 11) is 0. The van der Waals surface area contributed by atoms with E-state index in [0.717, 1.165) is 17.1 Å². The number of pyridine rings is 1. The van der Waals surface area contributed by atoms with Gasteiger partial charge in [-0.3, -0.25) is 4.79 Å². The fourth-order valence-electron chi connectivity index (χ4n) is 1.83. The Hall–Kier alpha value is -1.86. The van der Waals surface area contributed by atoms with Crippen LogP contribution in [0, 0.1) is 0 Å². The predicted molar refractivity (Wildman–Crippen MR) is 79.7 cm³/mol. The average Bonchev–Trinajstić information content (AvgIpc) is 2.38. The van der Waals surface area contributed by atoms with Gasteiger partial charge in [-0.15, -0.1) is 0 Å². The molecule has 0 aliphatic carbocycles. The molecule has 0 bridgehead atoms. The summed E-state index contributed by atoms with van der Waals surface area (Å²) in [6, 6.07) is 5.32. The lowest BCUT2D eigenvalue weighted by Crippen LogP contribution is -2.18. The maximum absolute atomic E-state index is 11.4. The summed E-state index contributed by atoms with van der Waals surface area (Å²) in [5, 5.41) is 4.58. The van der Waals surface area contributed by atoms with Crippen LogP contribution in [0.25, 0.3) is 0 Å². The third-order valence-corrected chi connectivity index (χ3v) is 3.63. The molecule has 2 aromatic rings. The number of aromatic amines is 1. The van der Waals surface area contributed by atoms with Crippen LogP contribution in [0.15, 0.2) is 39.4 Å². The summed E-state index contributed by atoms with van der Waals surface area (Å²) < 4.78 is 0. The van der Waals surface area contributed by atoms with Crippen molar-refractivity contribution in [2.24, 2.45) is 0 Å². The Morgan fingerprint density at radius 1 is 1.55 bits per heavy atom. The van der Waals surface area contributed by atoms with Gasteiger partial charge in [0.15, 0.2) is 5.16 Å². The van der Waals surface area contributed by atoms with Gasteiger partial charge < -0.3 is 16.0 Å². The van der Waals surface area contributed by atoms with Crippen molar-refractivity contribution in [2.45, 2.75) is 30.1 Å². The largest absolute Gasteiger partial charge is 0.383 e. The normalized spacial score (nSPS) is 12.3. The second-order valence-corrected chi connectivity index (χ2v) is 5.23. The van der Waals surface area contributed by atoms with E-state index in [-0.39, 0.29) is 17.4 Å². The molecule has 1 atom stereocenters. The van der Waals surface area contributed by atoms with E-state index in [1.165, 1.54) is 17.8 Å². The highest BCUT2D eigenvalue weighted by atomic mass is 32.2. The molecule has 4 N–H and O–H groups in total. The average molecular weight is 291 g/mol. The molecule has 0 aromatic carbocycles. The molecule has 1 unspecified atom stereocenters. The van der Waals surface area contributed by atoms with Crippen molar-refractivity contribution in [3.63, 3.8) is 0 Å². The summed E-state index contributed by atoms with van der Waals surface area (Å²) in [4.78, 5) is 22.5. The van der Waals surface area contributed by atoms with Crippen molar-refractivity contribution in [1.82, 2.24) is 20.3 Å². The van der Waals surface area contributed by atoms with E-state index in [4.69, 9.17) is 5.73 Å². The van der Waals surface area contributed by atoms with Crippen LogP contribution in [0.2, 0.25) is 0 Å². The van der Waals surface area contributed by atoms with Gasteiger partial charge in [0.25, 0.3) is 5.56 Å². The molecule has 0 spiro atoms. The molecule has 6 nitrogen and oxygen atoms in total. The summed E-state index contributed by atoms with van der Waals surface area (Å²) in [5.74, 6) is 0.202. The van der Waals surface area contributed by atoms with Crippen molar-refractivity contribution in [2.75, 3.05) is 12.3 Å². The van der Waals surface area contributed by atoms with Crippen molar-refractivity contribution in [3.8, 4) is 0 Å². The van der Waals surface area contributed by atoms with E-state index in [1.807, 2.05) is 12.1 Å². The van der Waals surface area contributed by atoms with E-state index in [9.17, 15) is 4.79 Å². The number of aromatic nitrogens is 3. The Kier molecular flexibility index (Phi) is 4.75. The molecule has 0 fully saturated rings. The zero-order valence-electron chi connectivity index (χ0n) is 11.4. The molecule has 2 aromatic heterocycles. The molecule has 0 saturated carbocycles. The fourth-order valence-corrected chi connectivity index (χ4v) is 2.79. The van der Waals surface area contributed by atoms with Gasteiger partial charge in [0.2, 0.25) is 0 Å². The van der Waals surface area contributed by atoms with Gasteiger partial charge in [-0.25, -0.2) is 9.97 Å². The van der Waals surface area contributed by atoms with E-state index in [0.29, 0.717) is 5.16 Å². The summed E-state index contributed by atoms with van der Waals surface area (Å²) >= 11 is 1.30. The highest BCUT2D eigenvalue weighted by Crippen LogP contribution is 2.29. The second-order valence-electron chi connectivity index (χ2n) is 4.25. The Morgan fingerprint density at radius 3 is 3.05 bits per heavy atom. The number of hydrogen-bond donors (Lipinski definition) is 3. The number of nitrogens with one attached hydrogen (secondary N) is 2. The lowest BCUT2D eigenvalue weighted by atomic mass is 10.1. The molecular formula is C13H17N5OS. The smallest absolute Gasteiger partial charge is 0.253 e. The number of anilines is 1. The topological polar surface area (TPSA) is 96.7 Å². The first-order valence-electron chi connectivity index (χ1n) is 6.33. The van der Waals surface area contributed by atoms with Gasteiger partial charge >= 0.3 is 0 Å². The lowest BCUT2D eigenvalue weighted by molar-refractivity contribution is 0.585. The zero-order chi connectivity index (χ0) is 14.5. The van der Waals surface area contributed by atoms with Crippen molar-refractivity contribution < 1.29 is 0 Å². The molecule has 0 aliphatic rings. The van der Waals surface area contributed by atoms with Crippen LogP contribution >= 0.6 is 11.8 Å². The van der Waals surface area contributed by atoms with Gasteiger partial charge in [0.05, 0.1) is 0 Å². The number of nitrogens with zero attached hydrogens (tertiary/aromatic N) is 2. The molecule has 0 amide bonds. The van der Waals surface area contributed by atoms with Crippen molar-refractivity contribution >= 4 is 17.6 Å². The fraction of sp³-hybridized carbons (Fsp3) is 0.308. The van der Waals surface area contributed by atoms with Gasteiger partial charge in [-0.05, 0) is 31.3 Å². The predicted octanol–water partition coefficient (Wildman–Crippen LogP) is 1.57. The first-order valence-corrected chi connectivity index (χ1v) is 7.14. The standard InChI is InChI=1S/C13H17N5OS/c1-3-15-8(2)9-5-4-6-16-12(9)20-13-17-10(14)7-11(19)18-13/h4-8,15H,3H2,1-2H3,(H3,14,17,18,19). The maximum atomic E-state index is 11.4. The summed E-state index contributed by atoms with van der Waals surface area (Å²) in [6.07, 6.45) is 1.72. The highest BCUT2D eigenvalue weighted by molar-refractivity contribution is 7.99. The molecule has 2 rings (SSSR count). The van der Waals surface area contributed by atoms with Crippen LogP contribution < -0.4 is 16.6 Å². The number of hydrogen-bond acceptors (Lipinski definition) is 6. The third kappa shape index (κ3) is 3.58. The Morgan fingerprint density at radius 2 is 2.35 bits per heavy atom. The van der Waals surface area contributed by atoms with E-state index in [2.05, 4.69) is 34.1 Å². The first-order chi connectivity index (χ1) is 9.60. The highest BCUT2D eigenvalue weighted by Gasteiger charge is 2.13. The van der Waals surface area contributed by atoms with Gasteiger partial charge in [0, 0.05) is 23.9 Å². The van der Waals surface area contributed by atoms with Crippen LogP contribution in [0.1, 0.15) is 25.5 Å². The monoisotopic (exact) mass is 291 g/mol. The van der Waals surface area contributed by atoms with Crippen LogP contribution in [0.4, 0.5) is 5.82 Å². The molecule has 2 heterocycles. The van der Waals surface area contributed by atoms with Crippen LogP contribution in [0.3, 0.4) is 0 Å². The molecule has 106 valence electrons. The van der Waals surface area contributed by atoms with E-state index < -0.39 is 0 Å². The van der Waals surface area contributed by atoms with Crippen molar-refractivity contribution in [1.29, 1.82) is 0 Å². The van der Waals surface area contributed by atoms with Crippen molar-refractivity contribution in [3.05, 3.63) is 40.3 Å². The minimum atomic E-state index is -0.266. The molecular weight excluding hydrogens is 274 g/mol. The van der Waals surface area contributed by atoms with Crippen LogP contribution in [-0.4, -0.2) is 21.5 Å². The number of H-pyrrole nitrogens is 1. The molecule has 0 saturated heterocycles. The Balaban J connectivity index is 2.31. The number of rotatable bonds is 5. The zero-order valence-corrected chi connectivity index (χ0v) is 12.2. The molecule has 7 heteroatoms. The Labute approximate surface area is 121 Å². The molecule has 20 heavy (non-hydrogen) atoms. The molecule has 0 radical (unpaired) electrons. The lowest BCUT2D eigenvalue weighted by Gasteiger charge is -2.15. The SMILES string of the molecule is CCNC(C)c1cccnc1Sc1nc(N)cc(=O)[nH]1. The summed E-state index contributed by atoms with van der Waals surface area (Å²) in [6.45, 7) is 4.99. The van der Waals surface area contributed by atoms with Gasteiger partial charge in [-0.2, -0.15) is 0 Å². The first kappa shape index (κ1) is 14.5. The number of nitrogen functional groups attached to an aromatic ring is 1. The quantitative estimate of drug-likeness (QED) is 0.724. The maximum Gasteiger partial charge on any atom is 0.253 e. The van der Waals surface area contributed by atoms with Crippen LogP contribution in [-0.2, 0) is 0 Å². The van der Waals surface area contributed by atoms with E-state index >= 15 is 0 Å². The van der Waals surface area contributed by atoms with E-state index in [1.54, 1.807) is 6.20 Å². The number of nitrogens with two attached hydrogens (primary N) is 1. The minimum absolute atomic E-state index is 0.170. The van der Waals surface area contributed by atoms with Crippen LogP contribution in [0.5, 0.6) is 0 Å².